The topological polar surface area (TPSA) is 44.5 Å². The summed E-state index contributed by atoms with van der Waals surface area (Å²) in [7, 11) is 3.36. The van der Waals surface area contributed by atoms with Gasteiger partial charge in [0.1, 0.15) is 5.75 Å². The number of methoxy groups -OCH3 is 2. The summed E-state index contributed by atoms with van der Waals surface area (Å²) in [6.45, 7) is 3.99. The van der Waals surface area contributed by atoms with Gasteiger partial charge in [0.25, 0.3) is 0 Å². The normalized spacial score (nSPS) is 13.6. The van der Waals surface area contributed by atoms with Crippen LogP contribution in [0, 0.1) is 0 Å². The van der Waals surface area contributed by atoms with Gasteiger partial charge in [-0.1, -0.05) is 18.2 Å². The third kappa shape index (κ3) is 2.97. The first-order valence-corrected chi connectivity index (χ1v) is 5.44. The summed E-state index contributed by atoms with van der Waals surface area (Å²) in [6.07, 6.45) is 0.741. The monoisotopic (exact) mass is 223 g/mol. The molecule has 1 aromatic rings. The Labute approximate surface area is 97.6 Å². The highest BCUT2D eigenvalue weighted by Crippen LogP contribution is 2.22. The lowest BCUT2D eigenvalue weighted by molar-refractivity contribution is 0.000702. The van der Waals surface area contributed by atoms with Gasteiger partial charge in [-0.15, -0.1) is 0 Å². The predicted octanol–water partition coefficient (Wildman–Crippen LogP) is 1.99. The molecule has 0 saturated heterocycles. The zero-order chi connectivity index (χ0) is 12.2. The second-order valence-corrected chi connectivity index (χ2v) is 4.43. The smallest absolute Gasteiger partial charge is 0.122 e. The van der Waals surface area contributed by atoms with Crippen LogP contribution in [0.15, 0.2) is 24.3 Å². The van der Waals surface area contributed by atoms with Crippen LogP contribution in [0.3, 0.4) is 0 Å². The van der Waals surface area contributed by atoms with E-state index in [1.54, 1.807) is 14.2 Å². The van der Waals surface area contributed by atoms with Crippen molar-refractivity contribution in [2.45, 2.75) is 31.9 Å². The largest absolute Gasteiger partial charge is 0.496 e. The molecule has 0 saturated carbocycles. The summed E-state index contributed by atoms with van der Waals surface area (Å²) in [6, 6.07) is 7.86. The van der Waals surface area contributed by atoms with Crippen LogP contribution in [-0.2, 0) is 11.2 Å². The summed E-state index contributed by atoms with van der Waals surface area (Å²) < 4.78 is 10.7. The number of nitrogens with two attached hydrogens (primary N) is 1. The number of benzene rings is 1. The van der Waals surface area contributed by atoms with Gasteiger partial charge in [-0.3, -0.25) is 0 Å². The van der Waals surface area contributed by atoms with Gasteiger partial charge in [0.15, 0.2) is 0 Å². The highest BCUT2D eigenvalue weighted by atomic mass is 16.5. The second-order valence-electron chi connectivity index (χ2n) is 4.43. The Morgan fingerprint density at radius 3 is 2.44 bits per heavy atom. The van der Waals surface area contributed by atoms with Gasteiger partial charge < -0.3 is 15.2 Å². The van der Waals surface area contributed by atoms with E-state index in [4.69, 9.17) is 15.2 Å². The van der Waals surface area contributed by atoms with Crippen molar-refractivity contribution in [1.82, 2.24) is 0 Å². The van der Waals surface area contributed by atoms with Gasteiger partial charge >= 0.3 is 0 Å². The Morgan fingerprint density at radius 1 is 1.25 bits per heavy atom. The Bertz CT molecular complexity index is 336. The molecule has 0 aromatic heterocycles. The number of hydrogen-bond donors (Lipinski definition) is 1. The van der Waals surface area contributed by atoms with Crippen LogP contribution in [0.25, 0.3) is 0 Å². The average molecular weight is 223 g/mol. The highest BCUT2D eigenvalue weighted by molar-refractivity contribution is 5.34. The maximum Gasteiger partial charge on any atom is 0.122 e. The summed E-state index contributed by atoms with van der Waals surface area (Å²) in [5.74, 6) is 0.879. The fourth-order valence-corrected chi connectivity index (χ4v) is 1.51. The van der Waals surface area contributed by atoms with Crippen LogP contribution >= 0.6 is 0 Å². The molecule has 2 N–H and O–H groups in total. The number of ether oxygens (including phenoxy) is 2. The van der Waals surface area contributed by atoms with Crippen LogP contribution in [0.5, 0.6) is 5.75 Å². The molecule has 0 aliphatic carbocycles. The van der Waals surface area contributed by atoms with E-state index in [2.05, 4.69) is 0 Å². The summed E-state index contributed by atoms with van der Waals surface area (Å²) in [5.41, 5.74) is 6.92. The maximum absolute atomic E-state index is 6.14. The first kappa shape index (κ1) is 13.0. The molecule has 90 valence electrons. The van der Waals surface area contributed by atoms with Crippen molar-refractivity contribution in [2.24, 2.45) is 5.73 Å². The van der Waals surface area contributed by atoms with Crippen molar-refractivity contribution in [2.75, 3.05) is 14.2 Å². The summed E-state index contributed by atoms with van der Waals surface area (Å²) in [4.78, 5) is 0. The minimum atomic E-state index is -0.332. The highest BCUT2D eigenvalue weighted by Gasteiger charge is 2.26. The van der Waals surface area contributed by atoms with Gasteiger partial charge in [-0.25, -0.2) is 0 Å². The van der Waals surface area contributed by atoms with Gasteiger partial charge in [0.2, 0.25) is 0 Å². The minimum Gasteiger partial charge on any atom is -0.496 e. The molecule has 1 unspecified atom stereocenters. The summed E-state index contributed by atoms with van der Waals surface area (Å²) in [5, 5.41) is 0. The maximum atomic E-state index is 6.14. The Balaban J connectivity index is 2.80. The molecule has 0 aliphatic rings. The molecule has 0 radical (unpaired) electrons. The van der Waals surface area contributed by atoms with Crippen LogP contribution in [-0.4, -0.2) is 25.9 Å². The average Bonchev–Trinajstić information content (AvgIpc) is 2.29. The van der Waals surface area contributed by atoms with Crippen LogP contribution < -0.4 is 10.5 Å². The van der Waals surface area contributed by atoms with Crippen LogP contribution in [0.2, 0.25) is 0 Å². The lowest BCUT2D eigenvalue weighted by atomic mass is 9.93. The Morgan fingerprint density at radius 2 is 1.88 bits per heavy atom. The minimum absolute atomic E-state index is 0.0613. The molecule has 1 aromatic carbocycles. The van der Waals surface area contributed by atoms with Gasteiger partial charge in [-0.2, -0.15) is 0 Å². The zero-order valence-corrected chi connectivity index (χ0v) is 10.5. The van der Waals surface area contributed by atoms with E-state index in [0.717, 1.165) is 17.7 Å². The molecule has 1 rings (SSSR count). The molecule has 0 amide bonds. The molecule has 1 atom stereocenters. The number of para-hydroxylation sites is 1. The fourth-order valence-electron chi connectivity index (χ4n) is 1.51. The van der Waals surface area contributed by atoms with Crippen molar-refractivity contribution >= 4 is 0 Å². The third-order valence-corrected chi connectivity index (χ3v) is 3.05. The quantitative estimate of drug-likeness (QED) is 0.830. The van der Waals surface area contributed by atoms with Crippen LogP contribution in [0.1, 0.15) is 19.4 Å². The standard InChI is InChI=1S/C13H21NO2/c1-13(2,16-4)12(14)9-10-7-5-6-8-11(10)15-3/h5-8,12H,9,14H2,1-4H3. The van der Waals surface area contributed by atoms with E-state index in [-0.39, 0.29) is 11.6 Å². The SMILES string of the molecule is COc1ccccc1CC(N)C(C)(C)OC. The molecular formula is C13H21NO2. The van der Waals surface area contributed by atoms with E-state index in [0.29, 0.717) is 0 Å². The molecule has 3 nitrogen and oxygen atoms in total. The third-order valence-electron chi connectivity index (χ3n) is 3.05. The lowest BCUT2D eigenvalue weighted by Gasteiger charge is -2.30. The van der Waals surface area contributed by atoms with Crippen molar-refractivity contribution in [3.8, 4) is 5.75 Å². The molecule has 0 bridgehead atoms. The van der Waals surface area contributed by atoms with Crippen LogP contribution in [0.4, 0.5) is 0 Å². The predicted molar refractivity (Wildman–Crippen MR) is 65.8 cm³/mol. The Hall–Kier alpha value is -1.06. The van der Waals surface area contributed by atoms with Gasteiger partial charge in [0.05, 0.1) is 12.7 Å². The van der Waals surface area contributed by atoms with Gasteiger partial charge in [0, 0.05) is 13.2 Å². The molecule has 16 heavy (non-hydrogen) atoms. The number of hydrogen-bond acceptors (Lipinski definition) is 3. The van der Waals surface area contributed by atoms with Crippen molar-refractivity contribution in [3.05, 3.63) is 29.8 Å². The second kappa shape index (κ2) is 5.32. The molecule has 0 aliphatic heterocycles. The first-order chi connectivity index (χ1) is 7.51. The van der Waals surface area contributed by atoms with Crippen molar-refractivity contribution < 1.29 is 9.47 Å². The van der Waals surface area contributed by atoms with E-state index in [1.807, 2.05) is 38.1 Å². The molecule has 0 fully saturated rings. The van der Waals surface area contributed by atoms with E-state index >= 15 is 0 Å². The molecular weight excluding hydrogens is 202 g/mol. The van der Waals surface area contributed by atoms with Crippen molar-refractivity contribution in [1.29, 1.82) is 0 Å². The lowest BCUT2D eigenvalue weighted by Crippen LogP contribution is -2.46. The summed E-state index contributed by atoms with van der Waals surface area (Å²) >= 11 is 0. The van der Waals surface area contributed by atoms with Gasteiger partial charge in [-0.05, 0) is 31.9 Å². The fraction of sp³-hybridized carbons (Fsp3) is 0.538. The Kier molecular flexibility index (Phi) is 4.33. The van der Waals surface area contributed by atoms with Crippen molar-refractivity contribution in [3.63, 3.8) is 0 Å². The molecule has 3 heteroatoms. The first-order valence-electron chi connectivity index (χ1n) is 5.44. The van der Waals surface area contributed by atoms with E-state index in [9.17, 15) is 0 Å². The number of rotatable bonds is 5. The van der Waals surface area contributed by atoms with E-state index in [1.165, 1.54) is 0 Å². The molecule has 0 spiro atoms. The molecule has 0 heterocycles. The van der Waals surface area contributed by atoms with E-state index < -0.39 is 0 Å². The zero-order valence-electron chi connectivity index (χ0n) is 10.5.